The van der Waals surface area contributed by atoms with Gasteiger partial charge >= 0.3 is 6.09 Å². The van der Waals surface area contributed by atoms with Gasteiger partial charge < -0.3 is 34.1 Å². The number of carbonyl (C=O) groups excluding carboxylic acids is 1. The van der Waals surface area contributed by atoms with Crippen LogP contribution < -0.4 is 10.1 Å². The van der Waals surface area contributed by atoms with Crippen molar-refractivity contribution in [3.05, 3.63) is 60.2 Å². The van der Waals surface area contributed by atoms with Gasteiger partial charge in [-0.25, -0.2) is 13.2 Å². The summed E-state index contributed by atoms with van der Waals surface area (Å²) in [7, 11) is -2.45. The molecule has 2 aromatic rings. The summed E-state index contributed by atoms with van der Waals surface area (Å²) in [6, 6.07) is 14.7. The van der Waals surface area contributed by atoms with Crippen molar-refractivity contribution in [1.29, 1.82) is 0 Å². The van der Waals surface area contributed by atoms with Crippen molar-refractivity contribution < 1.29 is 42.0 Å². The highest BCUT2D eigenvalue weighted by Crippen LogP contribution is 2.34. The van der Waals surface area contributed by atoms with E-state index in [1.54, 1.807) is 12.1 Å². The fourth-order valence-corrected chi connectivity index (χ4v) is 7.17. The SMILES string of the molecule is CCO[C@H]1CO[C@@H]2OCC[C@H](OC(=O)N[C@@H](Cc3ccccc3)[C@H](O)CN(CC(C)C)S(=O)(=O)c3ccc(OC)cc3)[C@@H]21. The molecule has 0 bridgehead atoms. The predicted octanol–water partition coefficient (Wildman–Crippen LogP) is 3.21. The van der Waals surface area contributed by atoms with E-state index in [-0.39, 0.29) is 42.3 Å². The number of sulfonamides is 1. The average molecular weight is 621 g/mol. The molecule has 0 saturated carbocycles. The molecular formula is C31H44N2O9S. The van der Waals surface area contributed by atoms with E-state index in [2.05, 4.69) is 5.32 Å². The lowest BCUT2D eigenvalue weighted by atomic mass is 9.93. The van der Waals surface area contributed by atoms with E-state index in [0.29, 0.717) is 32.0 Å². The maximum atomic E-state index is 13.7. The number of benzene rings is 2. The highest BCUT2D eigenvalue weighted by atomic mass is 32.2. The molecule has 1 amide bonds. The fourth-order valence-electron chi connectivity index (χ4n) is 5.55. The second-order valence-corrected chi connectivity index (χ2v) is 13.2. The van der Waals surface area contributed by atoms with Crippen molar-refractivity contribution >= 4 is 16.1 Å². The van der Waals surface area contributed by atoms with Gasteiger partial charge in [-0.3, -0.25) is 0 Å². The molecule has 2 fully saturated rings. The summed E-state index contributed by atoms with van der Waals surface area (Å²) in [5.41, 5.74) is 0.868. The van der Waals surface area contributed by atoms with E-state index in [1.807, 2.05) is 51.1 Å². The number of nitrogens with one attached hydrogen (secondary N) is 1. The van der Waals surface area contributed by atoms with Crippen LogP contribution in [-0.2, 0) is 35.4 Å². The van der Waals surface area contributed by atoms with E-state index in [4.69, 9.17) is 23.7 Å². The number of methoxy groups -OCH3 is 1. The number of amides is 1. The minimum absolute atomic E-state index is 0.0147. The van der Waals surface area contributed by atoms with Crippen LogP contribution in [0.5, 0.6) is 5.75 Å². The van der Waals surface area contributed by atoms with Crippen molar-refractivity contribution in [3.63, 3.8) is 0 Å². The topological polar surface area (TPSA) is 133 Å². The zero-order valence-electron chi connectivity index (χ0n) is 25.3. The molecule has 4 rings (SSSR count). The van der Waals surface area contributed by atoms with E-state index in [9.17, 15) is 18.3 Å². The van der Waals surface area contributed by atoms with Crippen LogP contribution in [0.25, 0.3) is 0 Å². The minimum Gasteiger partial charge on any atom is -0.497 e. The summed E-state index contributed by atoms with van der Waals surface area (Å²) >= 11 is 0. The first kappa shape index (κ1) is 33.2. The van der Waals surface area contributed by atoms with Crippen LogP contribution in [-0.4, -0.2) is 94.6 Å². The van der Waals surface area contributed by atoms with Gasteiger partial charge in [0.05, 0.1) is 49.4 Å². The van der Waals surface area contributed by atoms with E-state index in [1.165, 1.54) is 23.5 Å². The minimum atomic E-state index is -3.96. The van der Waals surface area contributed by atoms with Crippen molar-refractivity contribution in [2.45, 2.75) is 69.2 Å². The van der Waals surface area contributed by atoms with Crippen LogP contribution in [0, 0.1) is 11.8 Å². The lowest BCUT2D eigenvalue weighted by molar-refractivity contribution is -0.185. The van der Waals surface area contributed by atoms with Crippen molar-refractivity contribution in [2.24, 2.45) is 11.8 Å². The largest absolute Gasteiger partial charge is 0.497 e. The number of ether oxygens (including phenoxy) is 5. The zero-order valence-corrected chi connectivity index (χ0v) is 26.1. The molecule has 2 saturated heterocycles. The van der Waals surface area contributed by atoms with Crippen LogP contribution in [0.1, 0.15) is 32.8 Å². The quantitative estimate of drug-likeness (QED) is 0.327. The molecule has 2 aliphatic heterocycles. The summed E-state index contributed by atoms with van der Waals surface area (Å²) in [5, 5.41) is 14.3. The lowest BCUT2D eigenvalue weighted by Gasteiger charge is -2.35. The third-order valence-corrected chi connectivity index (χ3v) is 9.49. The Hall–Kier alpha value is -2.74. The number of rotatable bonds is 14. The molecule has 11 nitrogen and oxygen atoms in total. The Kier molecular flexibility index (Phi) is 11.8. The molecule has 0 radical (unpaired) electrons. The van der Waals surface area contributed by atoms with Gasteiger partial charge in [0.25, 0.3) is 0 Å². The van der Waals surface area contributed by atoms with Crippen LogP contribution in [0.4, 0.5) is 4.79 Å². The Bertz CT molecular complexity index is 1260. The van der Waals surface area contributed by atoms with Crippen LogP contribution in [0.2, 0.25) is 0 Å². The smallest absolute Gasteiger partial charge is 0.407 e. The summed E-state index contributed by atoms with van der Waals surface area (Å²) in [6.07, 6.45) is -2.47. The number of nitrogens with zero attached hydrogens (tertiary/aromatic N) is 1. The van der Waals surface area contributed by atoms with E-state index < -0.39 is 40.7 Å². The Morgan fingerprint density at radius 1 is 1.07 bits per heavy atom. The molecule has 238 valence electrons. The fraction of sp³-hybridized carbons (Fsp3) is 0.581. The van der Waals surface area contributed by atoms with Gasteiger partial charge in [-0.1, -0.05) is 44.2 Å². The highest BCUT2D eigenvalue weighted by molar-refractivity contribution is 7.89. The maximum absolute atomic E-state index is 13.7. The van der Waals surface area contributed by atoms with Gasteiger partial charge in [0.2, 0.25) is 10.0 Å². The molecule has 2 heterocycles. The van der Waals surface area contributed by atoms with E-state index >= 15 is 0 Å². The van der Waals surface area contributed by atoms with Crippen LogP contribution >= 0.6 is 0 Å². The standard InChI is InChI=1S/C31H44N2O9S/c1-5-39-28-20-41-30-29(28)27(15-16-40-30)42-31(35)32-25(17-22-9-7-6-8-10-22)26(34)19-33(18-21(2)3)43(36,37)24-13-11-23(38-4)12-14-24/h6-14,21,25-30,34H,5,15-20H2,1-4H3,(H,32,35)/t25-,26+,27-,28-,29+,30-/m0/s1. The monoisotopic (exact) mass is 620 g/mol. The number of hydrogen-bond acceptors (Lipinski definition) is 9. The Labute approximate surface area is 254 Å². The molecule has 0 spiro atoms. The average Bonchev–Trinajstić information content (AvgIpc) is 3.40. The van der Waals surface area contributed by atoms with Crippen molar-refractivity contribution in [3.8, 4) is 5.75 Å². The molecular weight excluding hydrogens is 576 g/mol. The molecule has 0 aromatic heterocycles. The number of hydrogen-bond donors (Lipinski definition) is 2. The highest BCUT2D eigenvalue weighted by Gasteiger charge is 2.48. The second kappa shape index (κ2) is 15.3. The van der Waals surface area contributed by atoms with E-state index in [0.717, 1.165) is 5.56 Å². The number of fused-ring (bicyclic) bond motifs is 1. The molecule has 2 aromatic carbocycles. The molecule has 2 aliphatic rings. The van der Waals surface area contributed by atoms with Gasteiger partial charge in [0.15, 0.2) is 6.29 Å². The Morgan fingerprint density at radius 3 is 2.44 bits per heavy atom. The maximum Gasteiger partial charge on any atom is 0.407 e. The summed E-state index contributed by atoms with van der Waals surface area (Å²) < 4.78 is 56.9. The van der Waals surface area contributed by atoms with Gasteiger partial charge in [-0.15, -0.1) is 0 Å². The number of alkyl carbamates (subject to hydrolysis) is 1. The normalized spacial score (nSPS) is 23.5. The third-order valence-electron chi connectivity index (χ3n) is 7.64. The molecule has 12 heteroatoms. The zero-order chi connectivity index (χ0) is 31.0. The molecule has 0 unspecified atom stereocenters. The molecule has 0 aliphatic carbocycles. The Balaban J connectivity index is 1.52. The number of aliphatic hydroxyl groups excluding tert-OH is 1. The summed E-state index contributed by atoms with van der Waals surface area (Å²) in [4.78, 5) is 13.4. The van der Waals surface area contributed by atoms with Gasteiger partial charge in [-0.05, 0) is 49.1 Å². The first-order valence-electron chi connectivity index (χ1n) is 14.8. The predicted molar refractivity (Wildman–Crippen MR) is 159 cm³/mol. The number of aliphatic hydroxyl groups is 1. The van der Waals surface area contributed by atoms with Crippen LogP contribution in [0.15, 0.2) is 59.5 Å². The number of carbonyl (C=O) groups is 1. The Morgan fingerprint density at radius 2 is 1.79 bits per heavy atom. The molecule has 6 atom stereocenters. The third kappa shape index (κ3) is 8.68. The van der Waals surface area contributed by atoms with Crippen LogP contribution in [0.3, 0.4) is 0 Å². The van der Waals surface area contributed by atoms with Gasteiger partial charge in [0.1, 0.15) is 11.9 Å². The first-order chi connectivity index (χ1) is 20.6. The second-order valence-electron chi connectivity index (χ2n) is 11.3. The lowest BCUT2D eigenvalue weighted by Crippen LogP contribution is -2.52. The molecule has 2 N–H and O–H groups in total. The summed E-state index contributed by atoms with van der Waals surface area (Å²) in [5.74, 6) is 0.250. The van der Waals surface area contributed by atoms with Crippen molar-refractivity contribution in [1.82, 2.24) is 9.62 Å². The first-order valence-corrected chi connectivity index (χ1v) is 16.2. The molecule has 43 heavy (non-hydrogen) atoms. The van der Waals surface area contributed by atoms with Crippen molar-refractivity contribution in [2.75, 3.05) is 40.0 Å². The van der Waals surface area contributed by atoms with Gasteiger partial charge in [-0.2, -0.15) is 4.31 Å². The van der Waals surface area contributed by atoms with Gasteiger partial charge in [0, 0.05) is 26.1 Å². The summed E-state index contributed by atoms with van der Waals surface area (Å²) in [6.45, 7) is 6.88.